The predicted octanol–water partition coefficient (Wildman–Crippen LogP) is 4.53. The van der Waals surface area contributed by atoms with Crippen LogP contribution in [0.2, 0.25) is 5.02 Å². The van der Waals surface area contributed by atoms with Crippen molar-refractivity contribution in [3.05, 3.63) is 33.5 Å². The van der Waals surface area contributed by atoms with Crippen LogP contribution in [0, 0.1) is 6.92 Å². The largest absolute Gasteiger partial charge is 0.493 e. The minimum absolute atomic E-state index is 0.00706. The molecule has 3 rings (SSSR count). The fraction of sp³-hybridized carbons (Fsp3) is 0.478. The third-order valence-electron chi connectivity index (χ3n) is 5.76. The molecule has 1 aliphatic heterocycles. The van der Waals surface area contributed by atoms with Crippen molar-refractivity contribution in [2.45, 2.75) is 46.1 Å². The molecule has 0 aliphatic carbocycles. The average molecular weight is 450 g/mol. The number of aromatic nitrogens is 1. The van der Waals surface area contributed by atoms with E-state index in [1.165, 1.54) is 7.11 Å². The summed E-state index contributed by atoms with van der Waals surface area (Å²) in [5.41, 5.74) is 4.61. The van der Waals surface area contributed by atoms with E-state index in [4.69, 9.17) is 30.5 Å². The van der Waals surface area contributed by atoms with Gasteiger partial charge in [-0.25, -0.2) is 4.79 Å². The molecule has 0 saturated carbocycles. The van der Waals surface area contributed by atoms with Crippen molar-refractivity contribution in [2.75, 3.05) is 27.9 Å². The van der Waals surface area contributed by atoms with Gasteiger partial charge in [-0.3, -0.25) is 4.79 Å². The molecule has 0 fully saturated rings. The Kier molecular flexibility index (Phi) is 6.84. The molecule has 1 atom stereocenters. The first-order chi connectivity index (χ1) is 14.8. The van der Waals surface area contributed by atoms with Crippen LogP contribution in [0.15, 0.2) is 6.07 Å². The van der Waals surface area contributed by atoms with Crippen molar-refractivity contribution in [1.82, 2.24) is 4.57 Å². The molecule has 2 heterocycles. The number of nitrogens with zero attached hydrogens (tertiary/aromatic N) is 1. The molecular formula is C23H28ClNO6. The standard InChI is InChI=1S/C23H28ClNO6/c1-7-31-23(27)19-13(3)16(8-9-18(26)29-5)25-12(2)10-14-15(21(19)25)11-17(28-4)22(30-6)20(14)24/h11-12H,7-10H2,1-6H3. The molecule has 8 heteroatoms. The van der Waals surface area contributed by atoms with E-state index in [2.05, 4.69) is 11.5 Å². The summed E-state index contributed by atoms with van der Waals surface area (Å²) < 4.78 is 23.3. The molecule has 1 aliphatic rings. The lowest BCUT2D eigenvalue weighted by atomic mass is 9.91. The number of benzene rings is 1. The monoisotopic (exact) mass is 449 g/mol. The van der Waals surface area contributed by atoms with E-state index < -0.39 is 5.97 Å². The van der Waals surface area contributed by atoms with Crippen molar-refractivity contribution in [1.29, 1.82) is 0 Å². The fourth-order valence-corrected chi connectivity index (χ4v) is 4.73. The maximum Gasteiger partial charge on any atom is 0.340 e. The van der Waals surface area contributed by atoms with Crippen LogP contribution in [0.4, 0.5) is 0 Å². The quantitative estimate of drug-likeness (QED) is 0.578. The molecule has 0 amide bonds. The maximum atomic E-state index is 13.0. The van der Waals surface area contributed by atoms with E-state index in [1.54, 1.807) is 21.1 Å². The fourth-order valence-electron chi connectivity index (χ4n) is 4.38. The molecule has 1 unspecified atom stereocenters. The summed E-state index contributed by atoms with van der Waals surface area (Å²) in [6, 6.07) is 1.86. The van der Waals surface area contributed by atoms with E-state index in [0.717, 1.165) is 28.1 Å². The summed E-state index contributed by atoms with van der Waals surface area (Å²) in [5.74, 6) is 0.248. The van der Waals surface area contributed by atoms with Crippen molar-refractivity contribution in [3.63, 3.8) is 0 Å². The second-order valence-electron chi connectivity index (χ2n) is 7.47. The number of fused-ring (bicyclic) bond motifs is 3. The summed E-state index contributed by atoms with van der Waals surface area (Å²) in [7, 11) is 4.46. The van der Waals surface area contributed by atoms with E-state index in [1.807, 2.05) is 13.0 Å². The Morgan fingerprint density at radius 1 is 1.23 bits per heavy atom. The number of hydrogen-bond donors (Lipinski definition) is 0. The molecule has 0 N–H and O–H groups in total. The van der Waals surface area contributed by atoms with Gasteiger partial charge >= 0.3 is 11.9 Å². The van der Waals surface area contributed by atoms with Crippen LogP contribution in [0.3, 0.4) is 0 Å². The molecule has 1 aromatic carbocycles. The van der Waals surface area contributed by atoms with Crippen LogP contribution in [-0.2, 0) is 27.1 Å². The second-order valence-corrected chi connectivity index (χ2v) is 7.85. The van der Waals surface area contributed by atoms with Crippen LogP contribution in [0.1, 0.15) is 53.5 Å². The second kappa shape index (κ2) is 9.22. The highest BCUT2D eigenvalue weighted by Crippen LogP contribution is 2.49. The highest BCUT2D eigenvalue weighted by molar-refractivity contribution is 6.33. The lowest BCUT2D eigenvalue weighted by molar-refractivity contribution is -0.140. The lowest BCUT2D eigenvalue weighted by Crippen LogP contribution is -2.20. The number of hydrogen-bond acceptors (Lipinski definition) is 6. The molecule has 168 valence electrons. The first-order valence-electron chi connectivity index (χ1n) is 10.2. The van der Waals surface area contributed by atoms with Gasteiger partial charge in [0.1, 0.15) is 0 Å². The zero-order valence-corrected chi connectivity index (χ0v) is 19.5. The van der Waals surface area contributed by atoms with Gasteiger partial charge in [0.15, 0.2) is 11.5 Å². The zero-order chi connectivity index (χ0) is 22.9. The number of ether oxygens (including phenoxy) is 4. The van der Waals surface area contributed by atoms with Crippen LogP contribution >= 0.6 is 11.6 Å². The number of carbonyl (C=O) groups excluding carboxylic acids is 2. The summed E-state index contributed by atoms with van der Waals surface area (Å²) in [6.45, 7) is 5.99. The number of esters is 2. The topological polar surface area (TPSA) is 76.0 Å². The first kappa shape index (κ1) is 23.0. The number of halogens is 1. The van der Waals surface area contributed by atoms with Crippen LogP contribution in [0.5, 0.6) is 11.5 Å². The summed E-state index contributed by atoms with van der Waals surface area (Å²) in [5, 5.41) is 0.472. The SMILES string of the molecule is CCOC(=O)c1c(C)c(CCC(=O)OC)n2c1-c1cc(OC)c(OC)c(Cl)c1CC2C. The Hall–Kier alpha value is -2.67. The summed E-state index contributed by atoms with van der Waals surface area (Å²) in [4.78, 5) is 24.8. The predicted molar refractivity (Wildman–Crippen MR) is 117 cm³/mol. The lowest BCUT2D eigenvalue weighted by Gasteiger charge is -2.30. The Balaban J connectivity index is 2.32. The van der Waals surface area contributed by atoms with Crippen molar-refractivity contribution >= 4 is 23.5 Å². The molecule has 7 nitrogen and oxygen atoms in total. The molecule has 2 aromatic rings. The molecule has 0 spiro atoms. The summed E-state index contributed by atoms with van der Waals surface area (Å²) >= 11 is 6.71. The maximum absolute atomic E-state index is 13.0. The van der Waals surface area contributed by atoms with Gasteiger partial charge in [-0.2, -0.15) is 0 Å². The van der Waals surface area contributed by atoms with E-state index in [9.17, 15) is 9.59 Å². The van der Waals surface area contributed by atoms with Gasteiger partial charge in [0.05, 0.1) is 50.6 Å². The number of methoxy groups -OCH3 is 3. The van der Waals surface area contributed by atoms with Crippen LogP contribution < -0.4 is 9.47 Å². The van der Waals surface area contributed by atoms with Gasteiger partial charge in [-0.1, -0.05) is 11.6 Å². The third-order valence-corrected chi connectivity index (χ3v) is 6.16. The van der Waals surface area contributed by atoms with Gasteiger partial charge in [0, 0.05) is 17.3 Å². The van der Waals surface area contributed by atoms with Crippen LogP contribution in [0.25, 0.3) is 11.3 Å². The Labute approximate surface area is 187 Å². The van der Waals surface area contributed by atoms with Gasteiger partial charge < -0.3 is 23.5 Å². The van der Waals surface area contributed by atoms with Crippen molar-refractivity contribution in [3.8, 4) is 22.8 Å². The highest BCUT2D eigenvalue weighted by Gasteiger charge is 2.35. The third kappa shape index (κ3) is 3.87. The Morgan fingerprint density at radius 2 is 1.94 bits per heavy atom. The normalized spacial score (nSPS) is 14.5. The minimum atomic E-state index is -0.404. The van der Waals surface area contributed by atoms with E-state index >= 15 is 0 Å². The summed E-state index contributed by atoms with van der Waals surface area (Å²) in [6.07, 6.45) is 1.31. The first-order valence-corrected chi connectivity index (χ1v) is 10.6. The molecule has 31 heavy (non-hydrogen) atoms. The number of rotatable bonds is 7. The average Bonchev–Trinajstić information content (AvgIpc) is 3.05. The van der Waals surface area contributed by atoms with Gasteiger partial charge in [-0.15, -0.1) is 0 Å². The molecule has 0 saturated heterocycles. The highest BCUT2D eigenvalue weighted by atomic mass is 35.5. The molecule has 0 bridgehead atoms. The molecular weight excluding hydrogens is 422 g/mol. The van der Waals surface area contributed by atoms with Crippen molar-refractivity contribution in [2.24, 2.45) is 0 Å². The molecule has 1 aromatic heterocycles. The minimum Gasteiger partial charge on any atom is -0.493 e. The van der Waals surface area contributed by atoms with E-state index in [0.29, 0.717) is 34.9 Å². The van der Waals surface area contributed by atoms with Gasteiger partial charge in [0.2, 0.25) is 0 Å². The van der Waals surface area contributed by atoms with Gasteiger partial charge in [0.25, 0.3) is 0 Å². The Bertz CT molecular complexity index is 1030. The molecule has 0 radical (unpaired) electrons. The van der Waals surface area contributed by atoms with E-state index in [-0.39, 0.29) is 25.0 Å². The van der Waals surface area contributed by atoms with Crippen molar-refractivity contribution < 1.29 is 28.5 Å². The Morgan fingerprint density at radius 3 is 2.52 bits per heavy atom. The zero-order valence-electron chi connectivity index (χ0n) is 18.8. The van der Waals surface area contributed by atoms with Gasteiger partial charge in [-0.05, 0) is 50.8 Å². The van der Waals surface area contributed by atoms with Crippen LogP contribution in [-0.4, -0.2) is 44.4 Å². The number of carbonyl (C=O) groups is 2. The smallest absolute Gasteiger partial charge is 0.340 e.